The Morgan fingerprint density at radius 2 is 2.10 bits per heavy atom. The summed E-state index contributed by atoms with van der Waals surface area (Å²) in [4.78, 5) is 25.0. The summed E-state index contributed by atoms with van der Waals surface area (Å²) in [6.45, 7) is 2.76. The molecule has 2 atom stereocenters. The van der Waals surface area contributed by atoms with Gasteiger partial charge < -0.3 is 14.7 Å². The van der Waals surface area contributed by atoms with Crippen LogP contribution in [0.5, 0.6) is 0 Å². The molecule has 0 aromatic heterocycles. The lowest BCUT2D eigenvalue weighted by molar-refractivity contribution is -0.158. The first-order chi connectivity index (χ1) is 9.99. The third-order valence-corrected chi connectivity index (χ3v) is 4.18. The Morgan fingerprint density at radius 1 is 1.43 bits per heavy atom. The summed E-state index contributed by atoms with van der Waals surface area (Å²) in [6, 6.07) is 6.94. The van der Waals surface area contributed by atoms with Crippen LogP contribution in [0.2, 0.25) is 0 Å². The molecule has 1 aliphatic heterocycles. The quantitative estimate of drug-likeness (QED) is 0.899. The number of aliphatic carboxylic acids is 1. The topological polar surface area (TPSA) is 66.8 Å². The Morgan fingerprint density at radius 3 is 2.71 bits per heavy atom. The van der Waals surface area contributed by atoms with Crippen LogP contribution >= 0.6 is 15.9 Å². The van der Waals surface area contributed by atoms with Gasteiger partial charge in [-0.2, -0.15) is 0 Å². The average Bonchev–Trinajstić information content (AvgIpc) is 2.47. The van der Waals surface area contributed by atoms with E-state index in [4.69, 9.17) is 9.84 Å². The van der Waals surface area contributed by atoms with Gasteiger partial charge in [-0.25, -0.2) is 4.79 Å². The molecule has 1 N–H and O–H groups in total. The standard InChI is InChI=1S/C15H18BrNO4/c1-10(11-2-4-12(16)5-3-11)8-14(18)17-6-7-21-9-13(17)15(19)20/h2-5,10,13H,6-9H2,1H3,(H,19,20). The number of carbonyl (C=O) groups excluding carboxylic acids is 1. The van der Waals surface area contributed by atoms with Crippen LogP contribution in [0.25, 0.3) is 0 Å². The maximum Gasteiger partial charge on any atom is 0.328 e. The predicted molar refractivity (Wildman–Crippen MR) is 81.1 cm³/mol. The maximum absolute atomic E-state index is 12.4. The highest BCUT2D eigenvalue weighted by Gasteiger charge is 2.33. The number of halogens is 1. The zero-order valence-electron chi connectivity index (χ0n) is 11.8. The number of carbonyl (C=O) groups is 2. The number of nitrogens with zero attached hydrogens (tertiary/aromatic N) is 1. The van der Waals surface area contributed by atoms with Gasteiger partial charge in [0.05, 0.1) is 13.2 Å². The Kier molecular flexibility index (Phi) is 5.36. The number of benzene rings is 1. The van der Waals surface area contributed by atoms with E-state index in [9.17, 15) is 9.59 Å². The first-order valence-electron chi connectivity index (χ1n) is 6.84. The van der Waals surface area contributed by atoms with Gasteiger partial charge in [0.1, 0.15) is 0 Å². The molecule has 5 nitrogen and oxygen atoms in total. The Balaban J connectivity index is 2.02. The highest BCUT2D eigenvalue weighted by molar-refractivity contribution is 9.10. The average molecular weight is 356 g/mol. The number of ether oxygens (including phenoxy) is 1. The molecule has 6 heteroatoms. The first-order valence-corrected chi connectivity index (χ1v) is 7.64. The van der Waals surface area contributed by atoms with E-state index >= 15 is 0 Å². The molecule has 0 saturated carbocycles. The second kappa shape index (κ2) is 7.04. The summed E-state index contributed by atoms with van der Waals surface area (Å²) in [5.74, 6) is -1.11. The summed E-state index contributed by atoms with van der Waals surface area (Å²) < 4.78 is 6.14. The third kappa shape index (κ3) is 4.04. The largest absolute Gasteiger partial charge is 0.480 e. The van der Waals surface area contributed by atoms with Crippen LogP contribution in [0.3, 0.4) is 0 Å². The number of rotatable bonds is 4. The van der Waals surface area contributed by atoms with Gasteiger partial charge in [0.2, 0.25) is 5.91 Å². The second-order valence-corrected chi connectivity index (χ2v) is 6.09. The van der Waals surface area contributed by atoms with Gasteiger partial charge >= 0.3 is 5.97 Å². The van der Waals surface area contributed by atoms with E-state index in [2.05, 4.69) is 15.9 Å². The van der Waals surface area contributed by atoms with Gasteiger partial charge in [0.15, 0.2) is 6.04 Å². The fourth-order valence-corrected chi connectivity index (χ4v) is 2.66. The smallest absolute Gasteiger partial charge is 0.328 e. The lowest BCUT2D eigenvalue weighted by Gasteiger charge is -2.33. The van der Waals surface area contributed by atoms with Crippen molar-refractivity contribution in [3.63, 3.8) is 0 Å². The van der Waals surface area contributed by atoms with Crippen LogP contribution < -0.4 is 0 Å². The molecule has 0 spiro atoms. The van der Waals surface area contributed by atoms with Crippen molar-refractivity contribution in [3.05, 3.63) is 34.3 Å². The summed E-state index contributed by atoms with van der Waals surface area (Å²) >= 11 is 3.38. The molecule has 21 heavy (non-hydrogen) atoms. The van der Waals surface area contributed by atoms with Crippen LogP contribution in [-0.2, 0) is 14.3 Å². The van der Waals surface area contributed by atoms with E-state index in [1.807, 2.05) is 31.2 Å². The Hall–Kier alpha value is -1.40. The number of hydrogen-bond donors (Lipinski definition) is 1. The lowest BCUT2D eigenvalue weighted by Crippen LogP contribution is -2.52. The van der Waals surface area contributed by atoms with Gasteiger partial charge in [-0.05, 0) is 23.6 Å². The van der Waals surface area contributed by atoms with Crippen LogP contribution in [0.1, 0.15) is 24.8 Å². The molecular formula is C15H18BrNO4. The Labute approximate surface area is 132 Å². The van der Waals surface area contributed by atoms with Crippen LogP contribution in [0.15, 0.2) is 28.7 Å². The molecule has 1 heterocycles. The normalized spacial score (nSPS) is 20.1. The minimum Gasteiger partial charge on any atom is -0.480 e. The van der Waals surface area contributed by atoms with Crippen LogP contribution in [0, 0.1) is 0 Å². The highest BCUT2D eigenvalue weighted by atomic mass is 79.9. The van der Waals surface area contributed by atoms with Crippen molar-refractivity contribution >= 4 is 27.8 Å². The monoisotopic (exact) mass is 355 g/mol. The van der Waals surface area contributed by atoms with Gasteiger partial charge in [0, 0.05) is 17.4 Å². The van der Waals surface area contributed by atoms with Crippen LogP contribution in [-0.4, -0.2) is 47.7 Å². The summed E-state index contributed by atoms with van der Waals surface area (Å²) in [6.07, 6.45) is 0.297. The van der Waals surface area contributed by atoms with E-state index in [1.54, 1.807) is 0 Å². The van der Waals surface area contributed by atoms with Crippen molar-refractivity contribution in [1.29, 1.82) is 0 Å². The lowest BCUT2D eigenvalue weighted by atomic mass is 9.97. The molecule has 0 radical (unpaired) electrons. The highest BCUT2D eigenvalue weighted by Crippen LogP contribution is 2.23. The molecule has 2 unspecified atom stereocenters. The SMILES string of the molecule is CC(CC(=O)N1CCOCC1C(=O)O)c1ccc(Br)cc1. The zero-order chi connectivity index (χ0) is 15.4. The molecule has 1 aliphatic rings. The number of hydrogen-bond acceptors (Lipinski definition) is 3. The molecule has 0 bridgehead atoms. The van der Waals surface area contributed by atoms with E-state index in [1.165, 1.54) is 4.90 Å². The van der Waals surface area contributed by atoms with Crippen molar-refractivity contribution in [2.75, 3.05) is 19.8 Å². The van der Waals surface area contributed by atoms with E-state index in [0.717, 1.165) is 10.0 Å². The minimum atomic E-state index is -1.01. The molecule has 1 saturated heterocycles. The number of carboxylic acid groups (broad SMARTS) is 1. The number of carboxylic acids is 1. The zero-order valence-corrected chi connectivity index (χ0v) is 13.4. The van der Waals surface area contributed by atoms with Crippen molar-refractivity contribution in [2.45, 2.75) is 25.3 Å². The van der Waals surface area contributed by atoms with Crippen molar-refractivity contribution < 1.29 is 19.4 Å². The van der Waals surface area contributed by atoms with E-state index in [0.29, 0.717) is 19.6 Å². The summed E-state index contributed by atoms with van der Waals surface area (Å²) in [7, 11) is 0. The molecule has 1 amide bonds. The van der Waals surface area contributed by atoms with E-state index < -0.39 is 12.0 Å². The molecule has 2 rings (SSSR count). The number of amides is 1. The molecule has 0 aliphatic carbocycles. The summed E-state index contributed by atoms with van der Waals surface area (Å²) in [5.41, 5.74) is 1.06. The molecule has 1 aromatic rings. The molecular weight excluding hydrogens is 338 g/mol. The van der Waals surface area contributed by atoms with Gasteiger partial charge in [-0.15, -0.1) is 0 Å². The van der Waals surface area contributed by atoms with Crippen molar-refractivity contribution in [2.24, 2.45) is 0 Å². The first kappa shape index (κ1) is 16.0. The Bertz CT molecular complexity index is 517. The fourth-order valence-electron chi connectivity index (χ4n) is 2.40. The third-order valence-electron chi connectivity index (χ3n) is 3.65. The van der Waals surface area contributed by atoms with Gasteiger partial charge in [-0.3, -0.25) is 4.79 Å². The van der Waals surface area contributed by atoms with Crippen LogP contribution in [0.4, 0.5) is 0 Å². The molecule has 114 valence electrons. The maximum atomic E-state index is 12.4. The van der Waals surface area contributed by atoms with Gasteiger partial charge in [0.25, 0.3) is 0 Å². The van der Waals surface area contributed by atoms with Crippen molar-refractivity contribution in [1.82, 2.24) is 4.90 Å². The molecule has 1 aromatic carbocycles. The van der Waals surface area contributed by atoms with Crippen molar-refractivity contribution in [3.8, 4) is 0 Å². The van der Waals surface area contributed by atoms with Gasteiger partial charge in [-0.1, -0.05) is 35.0 Å². The summed E-state index contributed by atoms with van der Waals surface area (Å²) in [5, 5.41) is 9.16. The number of morpholine rings is 1. The predicted octanol–water partition coefficient (Wildman–Crippen LogP) is 2.25. The second-order valence-electron chi connectivity index (χ2n) is 5.17. The van der Waals surface area contributed by atoms with E-state index in [-0.39, 0.29) is 18.4 Å². The minimum absolute atomic E-state index is 0.0443. The fraction of sp³-hybridized carbons (Fsp3) is 0.467. The molecule has 1 fully saturated rings.